The number of carbonyl (C=O) groups is 4. The molecule has 3 atom stereocenters. The van der Waals surface area contributed by atoms with Gasteiger partial charge in [0.2, 0.25) is 17.7 Å². The molecule has 1 fully saturated rings. The summed E-state index contributed by atoms with van der Waals surface area (Å²) in [6, 6.07) is 0.239. The second-order valence-corrected chi connectivity index (χ2v) is 11.2. The van der Waals surface area contributed by atoms with Crippen LogP contribution in [-0.2, 0) is 24.0 Å². The summed E-state index contributed by atoms with van der Waals surface area (Å²) in [6.45, 7) is 1.21. The van der Waals surface area contributed by atoms with E-state index < -0.39 is 47.0 Å². The lowest BCUT2D eigenvalue weighted by Crippen LogP contribution is -2.71. The Hall–Kier alpha value is -4.30. The Kier molecular flexibility index (Phi) is 8.21. The smallest absolute Gasteiger partial charge is 0.347 e. The van der Waals surface area contributed by atoms with Gasteiger partial charge in [-0.05, 0) is 24.3 Å². The number of nitrogens with two attached hydrogens (primary N) is 4. The maximum Gasteiger partial charge on any atom is 0.347 e. The number of carboxylic acids is 2. The van der Waals surface area contributed by atoms with Crippen molar-refractivity contribution in [2.24, 2.45) is 5.16 Å². The van der Waals surface area contributed by atoms with E-state index >= 15 is 0 Å². The number of anilines is 3. The molecule has 2 aliphatic rings. The number of aliphatic carboxylic acids is 2. The number of nitrogens with one attached hydrogen (secondary N) is 1. The van der Waals surface area contributed by atoms with Crippen molar-refractivity contribution in [1.82, 2.24) is 20.2 Å². The van der Waals surface area contributed by atoms with E-state index in [2.05, 4.69) is 20.4 Å². The van der Waals surface area contributed by atoms with Crippen molar-refractivity contribution < 1.29 is 38.9 Å². The summed E-state index contributed by atoms with van der Waals surface area (Å²) in [5.41, 5.74) is 16.8. The number of thiazole rings is 1. The summed E-state index contributed by atoms with van der Waals surface area (Å²) in [4.78, 5) is 63.2. The number of fused-ring (bicyclic) bond motifs is 1. The Morgan fingerprint density at radius 1 is 1.38 bits per heavy atom. The van der Waals surface area contributed by atoms with Gasteiger partial charge in [0, 0.05) is 16.9 Å². The van der Waals surface area contributed by atoms with E-state index in [1.165, 1.54) is 30.1 Å². The zero-order valence-corrected chi connectivity index (χ0v) is 22.9. The molecule has 2 amide bonds. The number of rotatable bonds is 10. The average Bonchev–Trinajstić information content (AvgIpc) is 3.33. The van der Waals surface area contributed by atoms with Crippen LogP contribution in [0.2, 0.25) is 0 Å². The second kappa shape index (κ2) is 11.4. The van der Waals surface area contributed by atoms with Gasteiger partial charge in [-0.15, -0.1) is 27.8 Å². The molecule has 1 saturated heterocycles. The van der Waals surface area contributed by atoms with Crippen LogP contribution >= 0.6 is 34.9 Å². The van der Waals surface area contributed by atoms with Crippen molar-refractivity contribution in [3.05, 3.63) is 28.4 Å². The van der Waals surface area contributed by atoms with Gasteiger partial charge in [0.15, 0.2) is 10.8 Å². The zero-order chi connectivity index (χ0) is 29.3. The molecule has 20 heteroatoms. The molecular weight excluding hydrogens is 588 g/mol. The van der Waals surface area contributed by atoms with E-state index in [0.29, 0.717) is 5.57 Å². The number of amides is 2. The first-order chi connectivity index (χ1) is 18.9. The molecule has 0 spiro atoms. The third kappa shape index (κ3) is 5.67. The Morgan fingerprint density at radius 2 is 2.10 bits per heavy atom. The third-order valence-electron chi connectivity index (χ3n) is 5.54. The lowest BCUT2D eigenvalue weighted by Gasteiger charge is -2.50. The number of hydrogen-bond acceptors (Lipinski definition) is 16. The van der Waals surface area contributed by atoms with Crippen molar-refractivity contribution in [2.45, 2.75) is 29.6 Å². The Balaban J connectivity index is 1.52. The molecule has 0 bridgehead atoms. The molecule has 4 heterocycles. The lowest BCUT2D eigenvalue weighted by molar-refractivity contribution is -0.667. The zero-order valence-electron chi connectivity index (χ0n) is 20.5. The van der Waals surface area contributed by atoms with Crippen LogP contribution in [0.3, 0.4) is 0 Å². The van der Waals surface area contributed by atoms with Gasteiger partial charge in [-0.25, -0.2) is 9.78 Å². The fourth-order valence-corrected chi connectivity index (χ4v) is 6.53. The number of β-lactam (4-membered cyclic amide) rings is 1. The number of oxime groups is 1. The standard InChI is InChI=1S/C20H22N10O7S3/c1-6(17(33)34)37-28-11(8-5-39-19(23)25-8)14(31)27-12-15(32)29-13(18(35)36)7(3-38-16(12)29)4-40-20-26-9(21)2-10(22)30(20)24/h2,5-6,12,16H,3-4,24H2,1H3,(H8,21,22,23,25,27,31,33,34,35,36)/b28-11-. The molecular formula is C20H22N10O7S3. The highest BCUT2D eigenvalue weighted by Gasteiger charge is 2.53. The summed E-state index contributed by atoms with van der Waals surface area (Å²) in [5.74, 6) is 1.90. The van der Waals surface area contributed by atoms with Crippen LogP contribution in [0.1, 0.15) is 12.6 Å². The molecule has 0 radical (unpaired) electrons. The molecule has 2 aliphatic heterocycles. The summed E-state index contributed by atoms with van der Waals surface area (Å²) in [6.07, 6.45) is -1.38. The molecule has 0 saturated carbocycles. The SMILES string of the molecule is CC(O/N=C(\C(=O)NC1C(=O)N2C(C(=O)[O-])=C(CSc3nc(N)cc(N)[n+]3N)CSC12)c1csc(N)n1)C(=O)O. The van der Waals surface area contributed by atoms with Gasteiger partial charge >= 0.3 is 11.1 Å². The van der Waals surface area contributed by atoms with Crippen LogP contribution in [0.4, 0.5) is 16.8 Å². The minimum atomic E-state index is -1.57. The van der Waals surface area contributed by atoms with Crippen LogP contribution in [0.25, 0.3) is 0 Å². The first-order valence-corrected chi connectivity index (χ1v) is 14.0. The van der Waals surface area contributed by atoms with Gasteiger partial charge in [0.1, 0.15) is 17.1 Å². The highest BCUT2D eigenvalue weighted by atomic mass is 32.2. The minimum absolute atomic E-state index is 0.0000780. The normalized spacial score (nSPS) is 19.5. The molecule has 40 heavy (non-hydrogen) atoms. The van der Waals surface area contributed by atoms with Gasteiger partial charge in [-0.2, -0.15) is 0 Å². The predicted molar refractivity (Wildman–Crippen MR) is 142 cm³/mol. The molecule has 0 aromatic carbocycles. The first-order valence-electron chi connectivity index (χ1n) is 11.1. The molecule has 2 aromatic heterocycles. The number of carboxylic acid groups (broad SMARTS) is 2. The number of nitrogens with zero attached hydrogens (tertiary/aromatic N) is 5. The summed E-state index contributed by atoms with van der Waals surface area (Å²) in [7, 11) is 0. The number of nitrogen functional groups attached to an aromatic ring is 4. The van der Waals surface area contributed by atoms with Gasteiger partial charge in [-0.1, -0.05) is 10.1 Å². The fraction of sp³-hybridized carbons (Fsp3) is 0.300. The molecule has 2 aromatic rings. The van der Waals surface area contributed by atoms with E-state index in [9.17, 15) is 24.3 Å². The maximum absolute atomic E-state index is 13.1. The summed E-state index contributed by atoms with van der Waals surface area (Å²) in [5, 5.41) is 28.2. The number of aromatic nitrogens is 3. The number of carbonyl (C=O) groups excluding carboxylic acids is 3. The van der Waals surface area contributed by atoms with Crippen molar-refractivity contribution in [3.8, 4) is 0 Å². The van der Waals surface area contributed by atoms with Crippen LogP contribution in [0, 0.1) is 0 Å². The van der Waals surface area contributed by atoms with Crippen molar-refractivity contribution >= 4 is 81.1 Å². The Bertz CT molecular complexity index is 1460. The van der Waals surface area contributed by atoms with Crippen LogP contribution in [-0.4, -0.2) is 78.5 Å². The topological polar surface area (TPSA) is 282 Å². The van der Waals surface area contributed by atoms with Gasteiger partial charge < -0.3 is 42.4 Å². The van der Waals surface area contributed by atoms with E-state index in [0.717, 1.165) is 32.7 Å². The quantitative estimate of drug-likeness (QED) is 0.0292. The minimum Gasteiger partial charge on any atom is -0.543 e. The van der Waals surface area contributed by atoms with Crippen LogP contribution < -0.4 is 38.1 Å². The van der Waals surface area contributed by atoms with Gasteiger partial charge in [0.25, 0.3) is 11.8 Å². The maximum atomic E-state index is 13.1. The highest BCUT2D eigenvalue weighted by Crippen LogP contribution is 2.41. The number of hydrogen-bond donors (Lipinski definition) is 6. The molecule has 4 rings (SSSR count). The Labute approximate surface area is 237 Å². The third-order valence-corrected chi connectivity index (χ3v) is 8.59. The van der Waals surface area contributed by atoms with Crippen LogP contribution in [0.5, 0.6) is 0 Å². The van der Waals surface area contributed by atoms with Gasteiger partial charge in [0.05, 0.1) is 17.7 Å². The molecule has 3 unspecified atom stereocenters. The molecule has 212 valence electrons. The van der Waals surface area contributed by atoms with Crippen LogP contribution in [0.15, 0.2) is 33.0 Å². The molecule has 0 aliphatic carbocycles. The predicted octanol–water partition coefficient (Wildman–Crippen LogP) is -3.32. The average molecular weight is 611 g/mol. The van der Waals surface area contributed by atoms with Crippen molar-refractivity contribution in [1.29, 1.82) is 0 Å². The van der Waals surface area contributed by atoms with Crippen molar-refractivity contribution in [2.75, 3.05) is 34.5 Å². The monoisotopic (exact) mass is 610 g/mol. The Morgan fingerprint density at radius 3 is 2.73 bits per heavy atom. The first kappa shape index (κ1) is 28.7. The summed E-state index contributed by atoms with van der Waals surface area (Å²) >= 11 is 3.28. The van der Waals surface area contributed by atoms with Gasteiger partial charge in [-0.3, -0.25) is 20.3 Å². The summed E-state index contributed by atoms with van der Waals surface area (Å²) < 4.78 is 1.09. The molecule has 17 nitrogen and oxygen atoms in total. The van der Waals surface area contributed by atoms with E-state index in [1.54, 1.807) is 0 Å². The second-order valence-electron chi connectivity index (χ2n) is 8.24. The highest BCUT2D eigenvalue weighted by molar-refractivity contribution is 8.01. The van der Waals surface area contributed by atoms with E-state index in [1.807, 2.05) is 0 Å². The largest absolute Gasteiger partial charge is 0.543 e. The lowest BCUT2D eigenvalue weighted by atomic mass is 10.0. The van der Waals surface area contributed by atoms with Crippen molar-refractivity contribution in [3.63, 3.8) is 0 Å². The number of thioether (sulfide) groups is 2. The van der Waals surface area contributed by atoms with E-state index in [4.69, 9.17) is 33.0 Å². The fourth-order valence-electron chi connectivity index (χ4n) is 3.55. The molecule has 10 N–H and O–H groups in total. The van der Waals surface area contributed by atoms with E-state index in [-0.39, 0.29) is 44.8 Å².